The number of carboxylic acids is 3. The second kappa shape index (κ2) is 7.66. The molecular weight excluding hydrogens is 311 g/mol. The van der Waals surface area contributed by atoms with Gasteiger partial charge in [0.05, 0.1) is 7.26 Å². The molecule has 0 aromatic heterocycles. The quantitative estimate of drug-likeness (QED) is 0.458. The maximum absolute atomic E-state index is 12.3. The molecule has 118 valence electrons. The van der Waals surface area contributed by atoms with E-state index in [-0.39, 0.29) is 6.16 Å². The first-order chi connectivity index (χ1) is 10.2. The average Bonchev–Trinajstić information content (AvgIpc) is 2.36. The molecule has 3 N–H and O–H groups in total. The smallest absolute Gasteiger partial charge is 0.341 e. The summed E-state index contributed by atoms with van der Waals surface area (Å²) in [6, 6.07) is 8.00. The number of carbonyl (C=O) groups is 4. The molecule has 0 amide bonds. The Kier molecular flexibility index (Phi) is 6.19. The highest BCUT2D eigenvalue weighted by molar-refractivity contribution is 7.78. The van der Waals surface area contributed by atoms with Crippen LogP contribution in [0.2, 0.25) is 0 Å². The van der Waals surface area contributed by atoms with Crippen LogP contribution in [0, 0.1) is 0 Å². The molecule has 0 bridgehead atoms. The molecule has 0 fully saturated rings. The Hall–Kier alpha value is -2.27. The number of carboxylic acid groups (broad SMARTS) is 3. The van der Waals surface area contributed by atoms with Crippen LogP contribution in [0.15, 0.2) is 30.3 Å². The molecule has 0 aliphatic rings. The fourth-order valence-corrected chi connectivity index (χ4v) is 5.40. The molecule has 0 spiro atoms. The number of ketones is 1. The van der Waals surface area contributed by atoms with Crippen LogP contribution in [-0.4, -0.2) is 63.7 Å². The van der Waals surface area contributed by atoms with Crippen LogP contribution in [-0.2, 0) is 14.4 Å². The normalized spacial score (nSPS) is 10.9. The minimum atomic E-state index is -3.03. The molecule has 22 heavy (non-hydrogen) atoms. The van der Waals surface area contributed by atoms with E-state index in [1.54, 1.807) is 18.2 Å². The first-order valence-electron chi connectivity index (χ1n) is 6.33. The lowest BCUT2D eigenvalue weighted by Crippen LogP contribution is -2.28. The zero-order valence-corrected chi connectivity index (χ0v) is 12.5. The summed E-state index contributed by atoms with van der Waals surface area (Å²) >= 11 is 0. The van der Waals surface area contributed by atoms with Gasteiger partial charge in [0.2, 0.25) is 0 Å². The molecule has 0 heterocycles. The molecule has 7 nitrogen and oxygen atoms in total. The number of Topliss-reactive ketones (excluding diaryl/α,β-unsaturated/α-hetero) is 1. The first kappa shape index (κ1) is 17.8. The highest BCUT2D eigenvalue weighted by Crippen LogP contribution is 2.58. The van der Waals surface area contributed by atoms with Crippen molar-refractivity contribution in [2.75, 3.05) is 24.6 Å². The Balaban J connectivity index is 3.10. The van der Waals surface area contributed by atoms with Crippen LogP contribution in [0.25, 0.3) is 0 Å². The van der Waals surface area contributed by atoms with Gasteiger partial charge >= 0.3 is 17.9 Å². The Labute approximate surface area is 126 Å². The summed E-state index contributed by atoms with van der Waals surface area (Å²) in [5.41, 5.74) is 0.313. The van der Waals surface area contributed by atoms with E-state index in [1.165, 1.54) is 12.1 Å². The number of aliphatic carboxylic acids is 3. The number of benzene rings is 1. The van der Waals surface area contributed by atoms with Gasteiger partial charge < -0.3 is 15.3 Å². The Morgan fingerprint density at radius 1 is 0.727 bits per heavy atom. The third kappa shape index (κ3) is 5.61. The van der Waals surface area contributed by atoms with Gasteiger partial charge in [0.15, 0.2) is 24.3 Å². The summed E-state index contributed by atoms with van der Waals surface area (Å²) in [6.07, 6.45) is -2.12. The van der Waals surface area contributed by atoms with E-state index in [1.807, 2.05) is 0 Å². The third-order valence-corrected chi connectivity index (χ3v) is 6.77. The van der Waals surface area contributed by atoms with E-state index in [9.17, 15) is 19.2 Å². The van der Waals surface area contributed by atoms with Crippen molar-refractivity contribution in [2.45, 2.75) is 0 Å². The lowest BCUT2D eigenvalue weighted by atomic mass is 10.2. The maximum Gasteiger partial charge on any atom is 0.341 e. The fraction of sp³-hybridized carbons (Fsp3) is 0.286. The van der Waals surface area contributed by atoms with Crippen molar-refractivity contribution in [3.63, 3.8) is 0 Å². The average molecular weight is 327 g/mol. The van der Waals surface area contributed by atoms with Gasteiger partial charge in [-0.05, 0) is 0 Å². The summed E-state index contributed by atoms with van der Waals surface area (Å²) in [5.74, 6) is -4.32. The minimum Gasteiger partial charge on any atom is -0.479 e. The lowest BCUT2D eigenvalue weighted by molar-refractivity contribution is -0.134. The predicted octanol–water partition coefficient (Wildman–Crippen LogP) is 1.14. The zero-order valence-electron chi connectivity index (χ0n) is 11.6. The third-order valence-electron chi connectivity index (χ3n) is 2.99. The molecule has 0 saturated heterocycles. The molecule has 1 rings (SSSR count). The summed E-state index contributed by atoms with van der Waals surface area (Å²) in [6.45, 7) is 0. The predicted molar refractivity (Wildman–Crippen MR) is 80.1 cm³/mol. The fourth-order valence-electron chi connectivity index (χ4n) is 2.22. The van der Waals surface area contributed by atoms with E-state index >= 15 is 0 Å². The van der Waals surface area contributed by atoms with Crippen LogP contribution in [0.4, 0.5) is 0 Å². The van der Waals surface area contributed by atoms with E-state index in [4.69, 9.17) is 15.3 Å². The molecule has 0 saturated carbocycles. The van der Waals surface area contributed by atoms with E-state index in [0.717, 1.165) is 0 Å². The molecule has 0 aliphatic heterocycles. The molecule has 0 unspecified atom stereocenters. The zero-order chi connectivity index (χ0) is 16.8. The van der Waals surface area contributed by atoms with Crippen LogP contribution in [0.5, 0.6) is 0 Å². The Bertz CT molecular complexity index is 541. The van der Waals surface area contributed by atoms with Crippen LogP contribution in [0.3, 0.4) is 0 Å². The Morgan fingerprint density at radius 2 is 1.14 bits per heavy atom. The molecule has 1 aromatic rings. The van der Waals surface area contributed by atoms with Crippen LogP contribution in [0.1, 0.15) is 10.4 Å². The van der Waals surface area contributed by atoms with Gasteiger partial charge in [-0.25, -0.2) is 14.4 Å². The molecule has 0 atom stereocenters. The standard InChI is InChI=1S/C14H15O7P/c15-11(10-4-2-1-3-5-10)6-22(7-12(16)17,8-13(18)19)9-14(20)21/h1-5H,6-9H2,(H2-,16,17,18,19,20,21)/p+1. The van der Waals surface area contributed by atoms with Gasteiger partial charge in [0.1, 0.15) is 6.16 Å². The van der Waals surface area contributed by atoms with Gasteiger partial charge in [0.25, 0.3) is 0 Å². The number of hydrogen-bond donors (Lipinski definition) is 3. The number of carbonyl (C=O) groups excluding carboxylic acids is 1. The summed E-state index contributed by atoms with van der Waals surface area (Å²) in [7, 11) is -3.03. The van der Waals surface area contributed by atoms with Crippen molar-refractivity contribution in [1.82, 2.24) is 0 Å². The van der Waals surface area contributed by atoms with Crippen molar-refractivity contribution in [2.24, 2.45) is 0 Å². The lowest BCUT2D eigenvalue weighted by Gasteiger charge is -2.21. The SMILES string of the molecule is O=C(O)C[P+](CC(=O)O)(CC(=O)O)CC(=O)c1ccccc1. The second-order valence-electron chi connectivity index (χ2n) is 4.94. The van der Waals surface area contributed by atoms with Crippen molar-refractivity contribution in [3.8, 4) is 0 Å². The monoisotopic (exact) mass is 327 g/mol. The minimum absolute atomic E-state index is 0.313. The summed E-state index contributed by atoms with van der Waals surface area (Å²) < 4.78 is 0. The summed E-state index contributed by atoms with van der Waals surface area (Å²) in [4.78, 5) is 45.3. The molecule has 0 radical (unpaired) electrons. The van der Waals surface area contributed by atoms with Gasteiger partial charge in [0, 0.05) is 5.56 Å². The van der Waals surface area contributed by atoms with Gasteiger partial charge in [-0.15, -0.1) is 0 Å². The highest BCUT2D eigenvalue weighted by atomic mass is 31.2. The number of rotatable bonds is 9. The van der Waals surface area contributed by atoms with Crippen molar-refractivity contribution < 1.29 is 34.5 Å². The molecule has 1 aromatic carbocycles. The van der Waals surface area contributed by atoms with Crippen LogP contribution >= 0.6 is 7.26 Å². The van der Waals surface area contributed by atoms with Gasteiger partial charge in [-0.2, -0.15) is 0 Å². The van der Waals surface area contributed by atoms with Crippen molar-refractivity contribution >= 4 is 31.0 Å². The second-order valence-corrected chi connectivity index (χ2v) is 8.89. The highest BCUT2D eigenvalue weighted by Gasteiger charge is 2.46. The summed E-state index contributed by atoms with van der Waals surface area (Å²) in [5, 5.41) is 27.0. The van der Waals surface area contributed by atoms with E-state index in [0.29, 0.717) is 5.56 Å². The molecule has 0 aliphatic carbocycles. The maximum atomic E-state index is 12.3. The number of hydrogen-bond acceptors (Lipinski definition) is 4. The first-order valence-corrected chi connectivity index (χ1v) is 8.86. The van der Waals surface area contributed by atoms with Gasteiger partial charge in [-0.1, -0.05) is 30.3 Å². The Morgan fingerprint density at radius 3 is 1.50 bits per heavy atom. The van der Waals surface area contributed by atoms with E-state index < -0.39 is 49.4 Å². The molecular formula is C14H16O7P+. The van der Waals surface area contributed by atoms with Crippen molar-refractivity contribution in [1.29, 1.82) is 0 Å². The molecule has 8 heteroatoms. The van der Waals surface area contributed by atoms with E-state index in [2.05, 4.69) is 0 Å². The topological polar surface area (TPSA) is 129 Å². The van der Waals surface area contributed by atoms with Crippen molar-refractivity contribution in [3.05, 3.63) is 35.9 Å². The van der Waals surface area contributed by atoms with Gasteiger partial charge in [-0.3, -0.25) is 4.79 Å². The largest absolute Gasteiger partial charge is 0.479 e. The van der Waals surface area contributed by atoms with Crippen LogP contribution < -0.4 is 0 Å².